The van der Waals surface area contributed by atoms with Crippen molar-refractivity contribution in [2.75, 3.05) is 0 Å². The molecule has 2 rings (SSSR count). The van der Waals surface area contributed by atoms with Gasteiger partial charge in [-0.05, 0) is 40.3 Å². The molecule has 0 spiro atoms. The average molecular weight is 322 g/mol. The van der Waals surface area contributed by atoms with Gasteiger partial charge in [-0.25, -0.2) is 4.39 Å². The van der Waals surface area contributed by atoms with Crippen LogP contribution >= 0.6 is 27.5 Å². The molecule has 3 atom stereocenters. The Morgan fingerprint density at radius 1 is 1.47 bits per heavy atom. The van der Waals surface area contributed by atoms with Crippen LogP contribution in [0.5, 0.6) is 0 Å². The third-order valence-corrected chi connectivity index (χ3v) is 4.98. The summed E-state index contributed by atoms with van der Waals surface area (Å²) in [4.78, 5) is 0. The highest BCUT2D eigenvalue weighted by molar-refractivity contribution is 9.10. The second kappa shape index (κ2) is 5.25. The Morgan fingerprint density at radius 3 is 2.76 bits per heavy atom. The molecule has 0 amide bonds. The first-order valence-electron chi connectivity index (χ1n) is 5.84. The molecule has 0 bridgehead atoms. The van der Waals surface area contributed by atoms with Gasteiger partial charge in [0.05, 0.1) is 11.1 Å². The van der Waals surface area contributed by atoms with Crippen molar-refractivity contribution in [2.24, 2.45) is 11.8 Å². The minimum atomic E-state index is -0.752. The highest BCUT2D eigenvalue weighted by Gasteiger charge is 2.32. The highest BCUT2D eigenvalue weighted by atomic mass is 79.9. The highest BCUT2D eigenvalue weighted by Crippen LogP contribution is 2.42. The van der Waals surface area contributed by atoms with Crippen molar-refractivity contribution in [3.05, 3.63) is 33.0 Å². The van der Waals surface area contributed by atoms with Gasteiger partial charge >= 0.3 is 0 Å². The van der Waals surface area contributed by atoms with E-state index in [0.29, 0.717) is 16.0 Å². The lowest BCUT2D eigenvalue weighted by Gasteiger charge is -2.23. The molecule has 1 N–H and O–H groups in total. The first-order chi connectivity index (χ1) is 8.02. The van der Waals surface area contributed by atoms with Crippen LogP contribution < -0.4 is 0 Å². The number of hydrogen-bond acceptors (Lipinski definition) is 1. The third kappa shape index (κ3) is 2.51. The lowest BCUT2D eigenvalue weighted by atomic mass is 9.88. The number of benzene rings is 1. The van der Waals surface area contributed by atoms with Crippen LogP contribution in [0, 0.1) is 17.7 Å². The maximum Gasteiger partial charge on any atom is 0.148 e. The van der Waals surface area contributed by atoms with Crippen molar-refractivity contribution in [3.8, 4) is 0 Å². The van der Waals surface area contributed by atoms with Crippen LogP contribution in [0.15, 0.2) is 16.6 Å². The standard InChI is InChI=1S/C13H15BrClFO/c1-7-3-2-4-8(7)13(17)9-5-6-10(14)11(15)12(9)16/h5-8,13,17H,2-4H2,1H3. The molecule has 1 aliphatic carbocycles. The fourth-order valence-corrected chi connectivity index (χ4v) is 3.12. The van der Waals surface area contributed by atoms with Crippen LogP contribution in [0.4, 0.5) is 4.39 Å². The summed E-state index contributed by atoms with van der Waals surface area (Å²) >= 11 is 9.01. The molecule has 1 aromatic carbocycles. The van der Waals surface area contributed by atoms with Crippen LogP contribution in [0.2, 0.25) is 5.02 Å². The summed E-state index contributed by atoms with van der Waals surface area (Å²) in [6.07, 6.45) is 2.41. The first-order valence-corrected chi connectivity index (χ1v) is 7.01. The van der Waals surface area contributed by atoms with Gasteiger partial charge in [0.1, 0.15) is 5.82 Å². The predicted molar refractivity (Wildman–Crippen MR) is 70.6 cm³/mol. The zero-order chi connectivity index (χ0) is 12.6. The smallest absolute Gasteiger partial charge is 0.148 e. The summed E-state index contributed by atoms with van der Waals surface area (Å²) in [7, 11) is 0. The number of aliphatic hydroxyl groups excluding tert-OH is 1. The van der Waals surface area contributed by atoms with Crippen LogP contribution in [-0.2, 0) is 0 Å². The normalized spacial score (nSPS) is 26.2. The Balaban J connectivity index is 2.31. The monoisotopic (exact) mass is 320 g/mol. The first kappa shape index (κ1) is 13.3. The Hall–Kier alpha value is -0.120. The van der Waals surface area contributed by atoms with E-state index in [-0.39, 0.29) is 10.9 Å². The van der Waals surface area contributed by atoms with Crippen molar-refractivity contribution in [1.29, 1.82) is 0 Å². The number of halogens is 3. The van der Waals surface area contributed by atoms with Gasteiger partial charge in [-0.15, -0.1) is 0 Å². The zero-order valence-electron chi connectivity index (χ0n) is 9.59. The van der Waals surface area contributed by atoms with Crippen LogP contribution in [0.3, 0.4) is 0 Å². The van der Waals surface area contributed by atoms with E-state index in [1.54, 1.807) is 12.1 Å². The Labute approximate surface area is 114 Å². The second-order valence-electron chi connectivity index (χ2n) is 4.78. The molecule has 4 heteroatoms. The van der Waals surface area contributed by atoms with Crippen molar-refractivity contribution in [2.45, 2.75) is 32.3 Å². The molecule has 1 saturated carbocycles. The molecule has 0 radical (unpaired) electrons. The summed E-state index contributed by atoms with van der Waals surface area (Å²) in [6, 6.07) is 3.30. The molecule has 0 saturated heterocycles. The van der Waals surface area contributed by atoms with E-state index in [0.717, 1.165) is 19.3 Å². The topological polar surface area (TPSA) is 20.2 Å². The van der Waals surface area contributed by atoms with Gasteiger partial charge in [-0.3, -0.25) is 0 Å². The van der Waals surface area contributed by atoms with Crippen LogP contribution in [-0.4, -0.2) is 5.11 Å². The molecular formula is C13H15BrClFO. The summed E-state index contributed by atoms with van der Waals surface area (Å²) in [6.45, 7) is 2.11. The minimum Gasteiger partial charge on any atom is -0.388 e. The molecular weight excluding hydrogens is 306 g/mol. The maximum absolute atomic E-state index is 14.0. The van der Waals surface area contributed by atoms with E-state index in [2.05, 4.69) is 22.9 Å². The average Bonchev–Trinajstić information content (AvgIpc) is 2.72. The van der Waals surface area contributed by atoms with Gasteiger partial charge < -0.3 is 5.11 Å². The summed E-state index contributed by atoms with van der Waals surface area (Å²) in [5.41, 5.74) is 0.317. The molecule has 0 aliphatic heterocycles. The lowest BCUT2D eigenvalue weighted by molar-refractivity contribution is 0.0866. The van der Waals surface area contributed by atoms with E-state index in [4.69, 9.17) is 11.6 Å². The van der Waals surface area contributed by atoms with Gasteiger partial charge in [0, 0.05) is 10.0 Å². The molecule has 3 unspecified atom stereocenters. The molecule has 1 aromatic rings. The largest absolute Gasteiger partial charge is 0.388 e. The molecule has 17 heavy (non-hydrogen) atoms. The van der Waals surface area contributed by atoms with E-state index in [1.165, 1.54) is 0 Å². The van der Waals surface area contributed by atoms with Crippen LogP contribution in [0.25, 0.3) is 0 Å². The summed E-state index contributed by atoms with van der Waals surface area (Å²) in [5.74, 6) is 0.0706. The lowest BCUT2D eigenvalue weighted by Crippen LogP contribution is -2.16. The number of aliphatic hydroxyl groups is 1. The van der Waals surface area contributed by atoms with Gasteiger partial charge in [-0.2, -0.15) is 0 Å². The zero-order valence-corrected chi connectivity index (χ0v) is 11.9. The SMILES string of the molecule is CC1CCCC1C(O)c1ccc(Br)c(Cl)c1F. The number of hydrogen-bond donors (Lipinski definition) is 1. The second-order valence-corrected chi connectivity index (χ2v) is 6.01. The van der Waals surface area contributed by atoms with Gasteiger partial charge in [0.2, 0.25) is 0 Å². The molecule has 1 aliphatic rings. The van der Waals surface area contributed by atoms with Crippen molar-refractivity contribution >= 4 is 27.5 Å². The minimum absolute atomic E-state index is 0.0483. The van der Waals surface area contributed by atoms with E-state index >= 15 is 0 Å². The quantitative estimate of drug-likeness (QED) is 0.782. The van der Waals surface area contributed by atoms with Crippen molar-refractivity contribution < 1.29 is 9.50 Å². The fraction of sp³-hybridized carbons (Fsp3) is 0.538. The fourth-order valence-electron chi connectivity index (χ4n) is 2.64. The summed E-state index contributed by atoms with van der Waals surface area (Å²) < 4.78 is 14.5. The third-order valence-electron chi connectivity index (χ3n) is 3.72. The van der Waals surface area contributed by atoms with E-state index < -0.39 is 11.9 Å². The molecule has 0 heterocycles. The Bertz CT molecular complexity index is 424. The van der Waals surface area contributed by atoms with Gasteiger partial charge in [-0.1, -0.05) is 37.4 Å². The van der Waals surface area contributed by atoms with Crippen LogP contribution in [0.1, 0.15) is 37.9 Å². The molecule has 0 aromatic heterocycles. The predicted octanol–water partition coefficient (Wildman–Crippen LogP) is 4.71. The number of rotatable bonds is 2. The Kier molecular flexibility index (Phi) is 4.11. The van der Waals surface area contributed by atoms with E-state index in [9.17, 15) is 9.50 Å². The van der Waals surface area contributed by atoms with E-state index in [1.807, 2.05) is 0 Å². The van der Waals surface area contributed by atoms with Gasteiger partial charge in [0.25, 0.3) is 0 Å². The van der Waals surface area contributed by atoms with Crippen molar-refractivity contribution in [1.82, 2.24) is 0 Å². The van der Waals surface area contributed by atoms with Crippen molar-refractivity contribution in [3.63, 3.8) is 0 Å². The maximum atomic E-state index is 14.0. The summed E-state index contributed by atoms with van der Waals surface area (Å²) in [5, 5.41) is 10.3. The molecule has 1 fully saturated rings. The molecule has 1 nitrogen and oxygen atoms in total. The van der Waals surface area contributed by atoms with Gasteiger partial charge in [0.15, 0.2) is 0 Å². The Morgan fingerprint density at radius 2 is 2.18 bits per heavy atom. The molecule has 94 valence electrons.